The van der Waals surface area contributed by atoms with E-state index in [9.17, 15) is 0 Å². The zero-order valence-corrected chi connectivity index (χ0v) is 30.2. The van der Waals surface area contributed by atoms with E-state index >= 15 is 0 Å². The second-order valence-corrected chi connectivity index (χ2v) is 14.0. The van der Waals surface area contributed by atoms with Gasteiger partial charge in [0.15, 0.2) is 17.5 Å². The lowest BCUT2D eigenvalue weighted by molar-refractivity contribution is 0.669. The number of fused-ring (bicyclic) bond motifs is 6. The highest BCUT2D eigenvalue weighted by Crippen LogP contribution is 2.41. The van der Waals surface area contributed by atoms with Crippen molar-refractivity contribution in [2.45, 2.75) is 0 Å². The van der Waals surface area contributed by atoms with Crippen molar-refractivity contribution >= 4 is 43.7 Å². The number of aromatic nitrogens is 4. The monoisotopic (exact) mass is 716 g/mol. The maximum Gasteiger partial charge on any atom is 0.164 e. The largest absolute Gasteiger partial charge is 0.456 e. The second kappa shape index (κ2) is 13.0. The molecule has 3 aromatic heterocycles. The molecular formula is C51H32N4O. The fourth-order valence-electron chi connectivity index (χ4n) is 7.96. The first-order chi connectivity index (χ1) is 27.7. The third-order valence-corrected chi connectivity index (χ3v) is 10.7. The van der Waals surface area contributed by atoms with Crippen molar-refractivity contribution in [3.63, 3.8) is 0 Å². The first-order valence-electron chi connectivity index (χ1n) is 18.8. The van der Waals surface area contributed by atoms with Crippen LogP contribution >= 0.6 is 0 Å². The molecule has 0 unspecified atom stereocenters. The van der Waals surface area contributed by atoms with E-state index in [0.717, 1.165) is 66.5 Å². The van der Waals surface area contributed by atoms with Gasteiger partial charge in [-0.1, -0.05) is 158 Å². The molecule has 11 rings (SSSR count). The Morgan fingerprint density at radius 3 is 1.46 bits per heavy atom. The first-order valence-corrected chi connectivity index (χ1v) is 18.8. The molecule has 0 amide bonds. The van der Waals surface area contributed by atoms with E-state index < -0.39 is 0 Å². The van der Waals surface area contributed by atoms with Crippen molar-refractivity contribution in [2.24, 2.45) is 0 Å². The second-order valence-electron chi connectivity index (χ2n) is 14.0. The van der Waals surface area contributed by atoms with Gasteiger partial charge in [0.25, 0.3) is 0 Å². The molecular weight excluding hydrogens is 685 g/mol. The first kappa shape index (κ1) is 31.9. The summed E-state index contributed by atoms with van der Waals surface area (Å²) >= 11 is 0. The zero-order chi connectivity index (χ0) is 37.0. The van der Waals surface area contributed by atoms with Crippen LogP contribution in [0.1, 0.15) is 0 Å². The number of hydrogen-bond acceptors (Lipinski definition) is 4. The van der Waals surface area contributed by atoms with Crippen LogP contribution in [0.5, 0.6) is 0 Å². The van der Waals surface area contributed by atoms with Gasteiger partial charge in [-0.25, -0.2) is 15.0 Å². The quantitative estimate of drug-likeness (QED) is 0.172. The Morgan fingerprint density at radius 2 is 0.804 bits per heavy atom. The Balaban J connectivity index is 1.00. The standard InChI is InChI=1S/C51H32N4O/c1-4-13-33(14-5-1)38-27-29-41-40-19-10-11-20-43(40)55(45(41)31-38)44-21-12-22-46-48(44)42-30-28-39(32-47(42)56-46)34-23-25-37(26-24-34)51-53-49(35-15-6-2-7-16-35)52-50(54-51)36-17-8-3-9-18-36/h1-32H. The van der Waals surface area contributed by atoms with Gasteiger partial charge in [0.1, 0.15) is 11.2 Å². The predicted octanol–water partition coefficient (Wildman–Crippen LogP) is 13.2. The smallest absolute Gasteiger partial charge is 0.164 e. The van der Waals surface area contributed by atoms with E-state index in [4.69, 9.17) is 19.4 Å². The van der Waals surface area contributed by atoms with Gasteiger partial charge in [0, 0.05) is 32.8 Å². The summed E-state index contributed by atoms with van der Waals surface area (Å²) in [6.45, 7) is 0. The summed E-state index contributed by atoms with van der Waals surface area (Å²) in [6.07, 6.45) is 0. The van der Waals surface area contributed by atoms with Gasteiger partial charge in [-0.2, -0.15) is 0 Å². The Morgan fingerprint density at radius 1 is 0.321 bits per heavy atom. The fourth-order valence-corrected chi connectivity index (χ4v) is 7.96. The molecule has 0 aliphatic carbocycles. The Bertz CT molecular complexity index is 3160. The molecule has 5 heteroatoms. The Labute approximate surface area is 322 Å². The summed E-state index contributed by atoms with van der Waals surface area (Å²) in [5, 5.41) is 4.62. The molecule has 262 valence electrons. The van der Waals surface area contributed by atoms with Crippen LogP contribution in [0.25, 0.3) is 106 Å². The highest BCUT2D eigenvalue weighted by Gasteiger charge is 2.19. The van der Waals surface area contributed by atoms with Gasteiger partial charge in [-0.3, -0.25) is 0 Å². The van der Waals surface area contributed by atoms with E-state index in [1.165, 1.54) is 21.9 Å². The molecule has 0 fully saturated rings. The van der Waals surface area contributed by atoms with E-state index in [-0.39, 0.29) is 0 Å². The summed E-state index contributed by atoms with van der Waals surface area (Å²) in [6, 6.07) is 67.5. The molecule has 56 heavy (non-hydrogen) atoms. The van der Waals surface area contributed by atoms with Crippen molar-refractivity contribution in [1.82, 2.24) is 19.5 Å². The van der Waals surface area contributed by atoms with Crippen LogP contribution in [0, 0.1) is 0 Å². The Hall–Kier alpha value is -7.63. The lowest BCUT2D eigenvalue weighted by Crippen LogP contribution is -2.00. The minimum absolute atomic E-state index is 0.630. The van der Waals surface area contributed by atoms with Gasteiger partial charge in [0.2, 0.25) is 0 Å². The van der Waals surface area contributed by atoms with Crippen molar-refractivity contribution < 1.29 is 4.42 Å². The maximum absolute atomic E-state index is 6.63. The van der Waals surface area contributed by atoms with Crippen LogP contribution in [-0.2, 0) is 0 Å². The molecule has 0 bridgehead atoms. The predicted molar refractivity (Wildman–Crippen MR) is 229 cm³/mol. The highest BCUT2D eigenvalue weighted by molar-refractivity contribution is 6.15. The lowest BCUT2D eigenvalue weighted by Gasteiger charge is -2.11. The molecule has 0 atom stereocenters. The molecule has 0 radical (unpaired) electrons. The highest BCUT2D eigenvalue weighted by atomic mass is 16.3. The molecule has 11 aromatic rings. The normalized spacial score (nSPS) is 11.6. The zero-order valence-electron chi connectivity index (χ0n) is 30.2. The molecule has 5 nitrogen and oxygen atoms in total. The number of rotatable bonds is 6. The summed E-state index contributed by atoms with van der Waals surface area (Å²) in [5.41, 5.74) is 12.5. The van der Waals surface area contributed by atoms with Gasteiger partial charge in [0.05, 0.1) is 22.1 Å². The SMILES string of the molecule is c1ccc(-c2ccc3c4ccccc4n(-c4cccc5oc6cc(-c7ccc(-c8nc(-c9ccccc9)nc(-c9ccccc9)n8)cc7)ccc6c45)c3c2)cc1. The van der Waals surface area contributed by atoms with Crippen molar-refractivity contribution in [3.8, 4) is 62.1 Å². The molecule has 0 aliphatic heterocycles. The fraction of sp³-hybridized carbons (Fsp3) is 0. The van der Waals surface area contributed by atoms with Crippen LogP contribution in [0.15, 0.2) is 199 Å². The van der Waals surface area contributed by atoms with E-state index in [1.54, 1.807) is 0 Å². The molecule has 8 aromatic carbocycles. The van der Waals surface area contributed by atoms with E-state index in [1.807, 2.05) is 60.7 Å². The number of furan rings is 1. The van der Waals surface area contributed by atoms with Crippen LogP contribution in [0.4, 0.5) is 0 Å². The molecule has 0 saturated heterocycles. The number of benzene rings is 8. The number of para-hydroxylation sites is 1. The van der Waals surface area contributed by atoms with E-state index in [2.05, 4.69) is 138 Å². The van der Waals surface area contributed by atoms with Gasteiger partial charge in [-0.05, 0) is 58.7 Å². The van der Waals surface area contributed by atoms with E-state index in [0.29, 0.717) is 17.5 Å². The summed E-state index contributed by atoms with van der Waals surface area (Å²) < 4.78 is 9.03. The molecule has 0 aliphatic rings. The third kappa shape index (κ3) is 5.37. The molecule has 0 spiro atoms. The van der Waals surface area contributed by atoms with Crippen molar-refractivity contribution in [2.75, 3.05) is 0 Å². The van der Waals surface area contributed by atoms with Gasteiger partial charge in [-0.15, -0.1) is 0 Å². The summed E-state index contributed by atoms with van der Waals surface area (Å²) in [4.78, 5) is 14.7. The average molecular weight is 717 g/mol. The average Bonchev–Trinajstić information content (AvgIpc) is 3.82. The van der Waals surface area contributed by atoms with Crippen LogP contribution in [0.3, 0.4) is 0 Å². The summed E-state index contributed by atoms with van der Waals surface area (Å²) in [7, 11) is 0. The minimum Gasteiger partial charge on any atom is -0.456 e. The maximum atomic E-state index is 6.63. The number of hydrogen-bond donors (Lipinski definition) is 0. The summed E-state index contributed by atoms with van der Waals surface area (Å²) in [5.74, 6) is 1.92. The number of nitrogens with zero attached hydrogens (tertiary/aromatic N) is 4. The Kier molecular flexibility index (Phi) is 7.42. The van der Waals surface area contributed by atoms with Crippen molar-refractivity contribution in [3.05, 3.63) is 194 Å². The third-order valence-electron chi connectivity index (χ3n) is 10.7. The minimum atomic E-state index is 0.630. The van der Waals surface area contributed by atoms with Gasteiger partial charge >= 0.3 is 0 Å². The van der Waals surface area contributed by atoms with Crippen LogP contribution in [0.2, 0.25) is 0 Å². The molecule has 3 heterocycles. The van der Waals surface area contributed by atoms with Crippen molar-refractivity contribution in [1.29, 1.82) is 0 Å². The topological polar surface area (TPSA) is 56.7 Å². The van der Waals surface area contributed by atoms with Crippen LogP contribution in [-0.4, -0.2) is 19.5 Å². The van der Waals surface area contributed by atoms with Crippen LogP contribution < -0.4 is 0 Å². The lowest BCUT2D eigenvalue weighted by atomic mass is 10.0. The molecule has 0 N–H and O–H groups in total. The molecule has 0 saturated carbocycles. The van der Waals surface area contributed by atoms with Gasteiger partial charge < -0.3 is 8.98 Å².